The normalized spacial score (nSPS) is 20.3. The first-order valence-electron chi connectivity index (χ1n) is 11.8. The Hall–Kier alpha value is -2.68. The predicted octanol–water partition coefficient (Wildman–Crippen LogP) is 3.72. The van der Waals surface area contributed by atoms with Crippen LogP contribution >= 0.6 is 0 Å². The van der Waals surface area contributed by atoms with Crippen molar-refractivity contribution in [3.05, 3.63) is 35.4 Å². The quantitative estimate of drug-likeness (QED) is 0.499. The van der Waals surface area contributed by atoms with E-state index >= 15 is 0 Å². The summed E-state index contributed by atoms with van der Waals surface area (Å²) in [5.41, 5.74) is 1.98. The number of rotatable bonds is 6. The molecule has 0 radical (unpaired) electrons. The van der Waals surface area contributed by atoms with Crippen molar-refractivity contribution < 1.29 is 22.7 Å². The summed E-state index contributed by atoms with van der Waals surface area (Å²) in [4.78, 5) is 26.9. The minimum absolute atomic E-state index is 0.000427. The van der Waals surface area contributed by atoms with E-state index < -0.39 is 22.1 Å². The number of amidine groups is 1. The number of hydrogen-bond donors (Lipinski definition) is 1. The van der Waals surface area contributed by atoms with Gasteiger partial charge in [-0.25, -0.2) is 4.79 Å². The third-order valence-electron chi connectivity index (χ3n) is 6.37. The van der Waals surface area contributed by atoms with Crippen molar-refractivity contribution in [2.45, 2.75) is 75.7 Å². The first-order valence-corrected chi connectivity index (χ1v) is 13.2. The molecule has 1 aromatic carbocycles. The van der Waals surface area contributed by atoms with Crippen LogP contribution in [0.25, 0.3) is 0 Å². The molecule has 1 atom stereocenters. The lowest BCUT2D eigenvalue weighted by molar-refractivity contribution is -0.129. The number of carbonyl (C=O) groups is 2. The van der Waals surface area contributed by atoms with Gasteiger partial charge in [-0.15, -0.1) is 4.40 Å². The van der Waals surface area contributed by atoms with E-state index in [-0.39, 0.29) is 16.4 Å². The Bertz CT molecular complexity index is 1090. The average Bonchev–Trinajstić information content (AvgIpc) is 3.04. The highest BCUT2D eigenvalue weighted by molar-refractivity contribution is 7.90. The molecule has 3 aliphatic rings. The number of carbonyl (C=O) groups excluding carboxylic acids is 2. The molecule has 1 saturated heterocycles. The number of hydrogen-bond acceptors (Lipinski definition) is 6. The maximum absolute atomic E-state index is 12.8. The highest BCUT2D eigenvalue weighted by Gasteiger charge is 2.32. The van der Waals surface area contributed by atoms with E-state index in [1.807, 2.05) is 4.90 Å². The fourth-order valence-corrected chi connectivity index (χ4v) is 5.79. The van der Waals surface area contributed by atoms with Gasteiger partial charge in [-0.05, 0) is 70.1 Å². The molecule has 0 aromatic heterocycles. The van der Waals surface area contributed by atoms with Crippen LogP contribution in [-0.4, -0.2) is 45.3 Å². The van der Waals surface area contributed by atoms with Crippen molar-refractivity contribution in [1.29, 1.82) is 0 Å². The van der Waals surface area contributed by atoms with Crippen molar-refractivity contribution in [3.8, 4) is 0 Å². The molecule has 0 bridgehead atoms. The van der Waals surface area contributed by atoms with Crippen molar-refractivity contribution in [2.24, 2.45) is 4.40 Å². The van der Waals surface area contributed by atoms with Crippen molar-refractivity contribution in [1.82, 2.24) is 5.32 Å². The van der Waals surface area contributed by atoms with Gasteiger partial charge in [0.05, 0.1) is 11.3 Å². The lowest BCUT2D eigenvalue weighted by Gasteiger charge is -2.29. The molecule has 1 aliphatic carbocycles. The summed E-state index contributed by atoms with van der Waals surface area (Å²) in [5.74, 6) is -0.551. The molecular weight excluding hydrogens is 442 g/mol. The number of ether oxygens (including phenoxy) is 1. The number of sulfonamides is 1. The zero-order valence-corrected chi connectivity index (χ0v) is 19.8. The van der Waals surface area contributed by atoms with E-state index in [9.17, 15) is 18.0 Å². The van der Waals surface area contributed by atoms with E-state index in [2.05, 4.69) is 15.8 Å². The van der Waals surface area contributed by atoms with Gasteiger partial charge in [-0.2, -0.15) is 8.42 Å². The summed E-state index contributed by atoms with van der Waals surface area (Å²) in [6, 6.07) is 4.48. The Morgan fingerprint density at radius 1 is 1.15 bits per heavy atom. The molecule has 9 heteroatoms. The molecule has 0 unspecified atom stereocenters. The van der Waals surface area contributed by atoms with E-state index in [1.165, 1.54) is 31.4 Å². The van der Waals surface area contributed by atoms with E-state index in [1.54, 1.807) is 12.1 Å². The van der Waals surface area contributed by atoms with E-state index in [0.717, 1.165) is 38.5 Å². The molecule has 0 spiro atoms. The first-order chi connectivity index (χ1) is 15.8. The number of nitrogens with one attached hydrogen (secondary N) is 1. The summed E-state index contributed by atoms with van der Waals surface area (Å²) in [6.07, 6.45) is 10.1. The molecule has 1 aromatic rings. The minimum atomic E-state index is -3.90. The van der Waals surface area contributed by atoms with Crippen molar-refractivity contribution >= 4 is 33.4 Å². The Morgan fingerprint density at radius 2 is 1.97 bits per heavy atom. The molecular formula is C24H31N3O5S. The van der Waals surface area contributed by atoms with Crippen LogP contribution in [0.3, 0.4) is 0 Å². The monoisotopic (exact) mass is 473 g/mol. The maximum Gasteiger partial charge on any atom is 0.338 e. The molecule has 2 heterocycles. The van der Waals surface area contributed by atoms with Crippen LogP contribution in [-0.2, 0) is 19.6 Å². The fraction of sp³-hybridized carbons (Fsp3) is 0.542. The van der Waals surface area contributed by atoms with Crippen LogP contribution in [0.2, 0.25) is 0 Å². The maximum atomic E-state index is 12.8. The zero-order valence-electron chi connectivity index (χ0n) is 19.0. The predicted molar refractivity (Wildman–Crippen MR) is 126 cm³/mol. The zero-order chi connectivity index (χ0) is 23.4. The number of esters is 1. The van der Waals surface area contributed by atoms with E-state index in [0.29, 0.717) is 31.0 Å². The van der Waals surface area contributed by atoms with Crippen LogP contribution in [0.1, 0.15) is 75.1 Å². The second-order valence-corrected chi connectivity index (χ2v) is 10.4. The summed E-state index contributed by atoms with van der Waals surface area (Å²) >= 11 is 0. The molecule has 8 nitrogen and oxygen atoms in total. The lowest BCUT2D eigenvalue weighted by Crippen LogP contribution is -2.37. The number of amides is 1. The first kappa shape index (κ1) is 23.5. The largest absolute Gasteiger partial charge is 0.449 e. The number of nitrogens with zero attached hydrogens (tertiary/aromatic N) is 2. The summed E-state index contributed by atoms with van der Waals surface area (Å²) in [5, 5.41) is 2.81. The molecule has 0 saturated carbocycles. The standard InChI is InChI=1S/C24H31N3O5S/c1-17(23(28)25-14-13-18-8-4-2-5-9-18)32-24(29)19-11-12-20-21(16-19)33(30,31)26-22-10-6-3-7-15-27(20)22/h8,11-12,16-17H,2-7,9-10,13-15H2,1H3,(H,25,28)/t17-/m1/s1. The van der Waals surface area contributed by atoms with Crippen LogP contribution in [0.4, 0.5) is 5.69 Å². The van der Waals surface area contributed by atoms with Gasteiger partial charge in [-0.3, -0.25) is 4.79 Å². The molecule has 4 rings (SSSR count). The Balaban J connectivity index is 1.40. The van der Waals surface area contributed by atoms with E-state index in [4.69, 9.17) is 4.74 Å². The van der Waals surface area contributed by atoms with Crippen LogP contribution in [0, 0.1) is 0 Å². The Morgan fingerprint density at radius 3 is 2.76 bits per heavy atom. The number of anilines is 1. The SMILES string of the molecule is C[C@@H](OC(=O)c1ccc2c(c1)S(=O)(=O)N=C1CCCCCN12)C(=O)NCCC1=CCCCC1. The Kier molecular flexibility index (Phi) is 7.17. The summed E-state index contributed by atoms with van der Waals surface area (Å²) in [6.45, 7) is 2.70. The van der Waals surface area contributed by atoms with Gasteiger partial charge >= 0.3 is 5.97 Å². The fourth-order valence-electron chi connectivity index (χ4n) is 4.51. The van der Waals surface area contributed by atoms with Gasteiger partial charge in [0.2, 0.25) is 0 Å². The molecule has 1 fully saturated rings. The second-order valence-electron chi connectivity index (χ2n) is 8.82. The van der Waals surface area contributed by atoms with Crippen molar-refractivity contribution in [3.63, 3.8) is 0 Å². The molecule has 33 heavy (non-hydrogen) atoms. The van der Waals surface area contributed by atoms with Gasteiger partial charge < -0.3 is 15.0 Å². The number of benzene rings is 1. The van der Waals surface area contributed by atoms with Gasteiger partial charge in [0.1, 0.15) is 10.7 Å². The lowest BCUT2D eigenvalue weighted by atomic mass is 9.97. The second kappa shape index (κ2) is 10.1. The smallest absolute Gasteiger partial charge is 0.338 e. The third kappa shape index (κ3) is 5.46. The van der Waals surface area contributed by atoms with Crippen LogP contribution in [0.15, 0.2) is 39.1 Å². The van der Waals surface area contributed by atoms with Gasteiger partial charge in [0, 0.05) is 19.5 Å². The number of allylic oxidation sites excluding steroid dienone is 1. The summed E-state index contributed by atoms with van der Waals surface area (Å²) in [7, 11) is -3.90. The number of fused-ring (bicyclic) bond motifs is 3. The summed E-state index contributed by atoms with van der Waals surface area (Å²) < 4.78 is 34.8. The van der Waals surface area contributed by atoms with Crippen LogP contribution < -0.4 is 10.2 Å². The highest BCUT2D eigenvalue weighted by Crippen LogP contribution is 2.35. The topological polar surface area (TPSA) is 105 Å². The Labute approximate surface area is 195 Å². The third-order valence-corrected chi connectivity index (χ3v) is 7.70. The van der Waals surface area contributed by atoms with Gasteiger partial charge in [0.25, 0.3) is 15.9 Å². The van der Waals surface area contributed by atoms with Gasteiger partial charge in [0.15, 0.2) is 6.10 Å². The molecule has 1 amide bonds. The minimum Gasteiger partial charge on any atom is -0.449 e. The molecule has 2 aliphatic heterocycles. The van der Waals surface area contributed by atoms with Crippen LogP contribution in [0.5, 0.6) is 0 Å². The van der Waals surface area contributed by atoms with Gasteiger partial charge in [-0.1, -0.05) is 18.1 Å². The highest BCUT2D eigenvalue weighted by atomic mass is 32.2. The molecule has 1 N–H and O–H groups in total. The average molecular weight is 474 g/mol. The molecule has 178 valence electrons. The van der Waals surface area contributed by atoms with Crippen molar-refractivity contribution in [2.75, 3.05) is 18.0 Å².